The third kappa shape index (κ3) is 5.34. The van der Waals surface area contributed by atoms with Crippen molar-refractivity contribution in [3.63, 3.8) is 0 Å². The van der Waals surface area contributed by atoms with E-state index in [4.69, 9.17) is 4.42 Å². The highest BCUT2D eigenvalue weighted by Crippen LogP contribution is 2.22. The molecule has 0 N–H and O–H groups in total. The molecule has 0 saturated carbocycles. The molecule has 2 aromatic carbocycles. The molecule has 2 heterocycles. The van der Waals surface area contributed by atoms with Crippen LogP contribution < -0.4 is 4.90 Å². The number of carbonyl (C=O) groups excluding carboxylic acids is 1. The van der Waals surface area contributed by atoms with E-state index in [0.717, 1.165) is 22.0 Å². The van der Waals surface area contributed by atoms with Gasteiger partial charge < -0.3 is 9.32 Å². The predicted octanol–water partition coefficient (Wildman–Crippen LogP) is 4.75. The van der Waals surface area contributed by atoms with Crippen molar-refractivity contribution in [1.29, 1.82) is 0 Å². The van der Waals surface area contributed by atoms with Crippen LogP contribution in [-0.2, 0) is 17.8 Å². The maximum absolute atomic E-state index is 13.0. The first kappa shape index (κ1) is 20.3. The van der Waals surface area contributed by atoms with Crippen molar-refractivity contribution < 1.29 is 9.21 Å². The summed E-state index contributed by atoms with van der Waals surface area (Å²) >= 11 is 2.84. The van der Waals surface area contributed by atoms with Gasteiger partial charge in [0.25, 0.3) is 5.22 Å². The number of anilines is 1. The second-order valence-electron chi connectivity index (χ2n) is 6.59. The summed E-state index contributed by atoms with van der Waals surface area (Å²) < 4.78 is 5.69. The normalized spacial score (nSPS) is 10.8. The molecule has 1 amide bonds. The SMILES string of the molecule is Cc1nc(Cc2nnc(SCC(=O)N(Cc3ccccc3)c3ccccc3)o2)cs1. The van der Waals surface area contributed by atoms with E-state index in [9.17, 15) is 4.79 Å². The van der Waals surface area contributed by atoms with Gasteiger partial charge in [-0.3, -0.25) is 4.79 Å². The van der Waals surface area contributed by atoms with Crippen molar-refractivity contribution in [1.82, 2.24) is 15.2 Å². The van der Waals surface area contributed by atoms with Gasteiger partial charge in [0.1, 0.15) is 0 Å². The molecule has 0 aliphatic carbocycles. The Morgan fingerprint density at radius 2 is 1.80 bits per heavy atom. The molecule has 6 nitrogen and oxygen atoms in total. The van der Waals surface area contributed by atoms with E-state index in [1.807, 2.05) is 73.0 Å². The number of hydrogen-bond acceptors (Lipinski definition) is 7. The number of aromatic nitrogens is 3. The summed E-state index contributed by atoms with van der Waals surface area (Å²) in [7, 11) is 0. The van der Waals surface area contributed by atoms with Gasteiger partial charge in [0, 0.05) is 11.1 Å². The summed E-state index contributed by atoms with van der Waals surface area (Å²) in [4.78, 5) is 19.2. The maximum Gasteiger partial charge on any atom is 0.277 e. The number of aryl methyl sites for hydroxylation is 1. The third-order valence-electron chi connectivity index (χ3n) is 4.32. The fraction of sp³-hybridized carbons (Fsp3) is 0.182. The molecule has 0 radical (unpaired) electrons. The van der Waals surface area contributed by atoms with Crippen molar-refractivity contribution in [3.8, 4) is 0 Å². The molecule has 0 bridgehead atoms. The molecule has 4 rings (SSSR count). The summed E-state index contributed by atoms with van der Waals surface area (Å²) in [5, 5.41) is 11.5. The first-order valence-corrected chi connectivity index (χ1v) is 11.3. The highest BCUT2D eigenvalue weighted by atomic mass is 32.2. The quantitative estimate of drug-likeness (QED) is 0.371. The van der Waals surface area contributed by atoms with E-state index in [2.05, 4.69) is 15.2 Å². The molecule has 4 aromatic rings. The lowest BCUT2D eigenvalue weighted by Gasteiger charge is -2.22. The number of hydrogen-bond donors (Lipinski definition) is 0. The van der Waals surface area contributed by atoms with Crippen LogP contribution in [0.3, 0.4) is 0 Å². The first-order chi connectivity index (χ1) is 14.7. The van der Waals surface area contributed by atoms with Crippen LogP contribution in [0.1, 0.15) is 22.2 Å². The van der Waals surface area contributed by atoms with E-state index in [-0.39, 0.29) is 11.7 Å². The maximum atomic E-state index is 13.0. The lowest BCUT2D eigenvalue weighted by atomic mass is 10.2. The minimum atomic E-state index is -0.0232. The Bertz CT molecular complexity index is 1100. The molecule has 0 saturated heterocycles. The van der Waals surface area contributed by atoms with Crippen LogP contribution >= 0.6 is 23.1 Å². The Morgan fingerprint density at radius 3 is 2.50 bits per heavy atom. The summed E-state index contributed by atoms with van der Waals surface area (Å²) in [5.74, 6) is 0.684. The minimum Gasteiger partial charge on any atom is -0.416 e. The second-order valence-corrected chi connectivity index (χ2v) is 8.57. The van der Waals surface area contributed by atoms with Gasteiger partial charge in [0.2, 0.25) is 11.8 Å². The summed E-state index contributed by atoms with van der Waals surface area (Å²) in [6.45, 7) is 2.46. The van der Waals surface area contributed by atoms with E-state index >= 15 is 0 Å². The molecule has 0 unspecified atom stereocenters. The number of nitrogens with zero attached hydrogens (tertiary/aromatic N) is 4. The van der Waals surface area contributed by atoms with Crippen LogP contribution in [0, 0.1) is 6.92 Å². The third-order valence-corrected chi connectivity index (χ3v) is 5.94. The average Bonchev–Trinajstić information content (AvgIpc) is 3.40. The fourth-order valence-corrected chi connectivity index (χ4v) is 4.18. The van der Waals surface area contributed by atoms with Crippen LogP contribution in [0.5, 0.6) is 0 Å². The summed E-state index contributed by atoms with van der Waals surface area (Å²) in [6, 6.07) is 19.6. The Hall–Kier alpha value is -2.97. The Labute approximate surface area is 183 Å². The van der Waals surface area contributed by atoms with Crippen LogP contribution in [0.4, 0.5) is 5.69 Å². The monoisotopic (exact) mass is 436 g/mol. The zero-order valence-electron chi connectivity index (χ0n) is 16.4. The highest BCUT2D eigenvalue weighted by Gasteiger charge is 2.18. The first-order valence-electron chi connectivity index (χ1n) is 9.43. The van der Waals surface area contributed by atoms with Crippen LogP contribution in [0.15, 0.2) is 75.7 Å². The molecule has 30 heavy (non-hydrogen) atoms. The zero-order valence-corrected chi connectivity index (χ0v) is 18.0. The molecule has 0 aliphatic rings. The van der Waals surface area contributed by atoms with Gasteiger partial charge in [-0.05, 0) is 24.6 Å². The van der Waals surface area contributed by atoms with Gasteiger partial charge in [-0.15, -0.1) is 21.5 Å². The van der Waals surface area contributed by atoms with Crippen molar-refractivity contribution in [3.05, 3.63) is 88.2 Å². The standard InChI is InChI=1S/C22H20N4O2S2/c1-16-23-18(14-29-16)12-20-24-25-22(28-20)30-15-21(27)26(19-10-6-3-7-11-19)13-17-8-4-2-5-9-17/h2-11,14H,12-13,15H2,1H3. The highest BCUT2D eigenvalue weighted by molar-refractivity contribution is 7.99. The summed E-state index contributed by atoms with van der Waals surface area (Å²) in [6.07, 6.45) is 0.496. The van der Waals surface area contributed by atoms with E-state index in [0.29, 0.717) is 24.1 Å². The van der Waals surface area contributed by atoms with Gasteiger partial charge in [-0.2, -0.15) is 0 Å². The molecule has 2 aromatic heterocycles. The predicted molar refractivity (Wildman–Crippen MR) is 119 cm³/mol. The molecular formula is C22H20N4O2S2. The lowest BCUT2D eigenvalue weighted by molar-refractivity contribution is -0.116. The molecular weight excluding hydrogens is 416 g/mol. The van der Waals surface area contributed by atoms with Gasteiger partial charge in [-0.25, -0.2) is 4.98 Å². The van der Waals surface area contributed by atoms with Crippen molar-refractivity contribution >= 4 is 34.7 Å². The number of carbonyl (C=O) groups is 1. The number of benzene rings is 2. The molecule has 0 fully saturated rings. The summed E-state index contributed by atoms with van der Waals surface area (Å²) in [5.41, 5.74) is 2.84. The Kier molecular flexibility index (Phi) is 6.56. The van der Waals surface area contributed by atoms with Crippen molar-refractivity contribution in [2.45, 2.75) is 25.1 Å². The number of thiazole rings is 1. The molecule has 0 aliphatic heterocycles. The van der Waals surface area contributed by atoms with Gasteiger partial charge >= 0.3 is 0 Å². The second kappa shape index (κ2) is 9.69. The van der Waals surface area contributed by atoms with Crippen LogP contribution in [-0.4, -0.2) is 26.8 Å². The number of amides is 1. The van der Waals surface area contributed by atoms with Crippen molar-refractivity contribution in [2.24, 2.45) is 0 Å². The van der Waals surface area contributed by atoms with Crippen molar-refractivity contribution in [2.75, 3.05) is 10.7 Å². The molecule has 152 valence electrons. The zero-order chi connectivity index (χ0) is 20.8. The Morgan fingerprint density at radius 1 is 1.07 bits per heavy atom. The lowest BCUT2D eigenvalue weighted by Crippen LogP contribution is -2.31. The molecule has 0 spiro atoms. The molecule has 8 heteroatoms. The van der Waals surface area contributed by atoms with Crippen LogP contribution in [0.2, 0.25) is 0 Å². The fourth-order valence-electron chi connectivity index (χ4n) is 2.91. The molecule has 0 atom stereocenters. The van der Waals surface area contributed by atoms with Crippen LogP contribution in [0.25, 0.3) is 0 Å². The van der Waals surface area contributed by atoms with Gasteiger partial charge in [-0.1, -0.05) is 60.3 Å². The number of thioether (sulfide) groups is 1. The van der Waals surface area contributed by atoms with E-state index in [1.54, 1.807) is 16.2 Å². The van der Waals surface area contributed by atoms with E-state index in [1.165, 1.54) is 11.8 Å². The van der Waals surface area contributed by atoms with Gasteiger partial charge in [0.05, 0.1) is 29.4 Å². The topological polar surface area (TPSA) is 72.1 Å². The van der Waals surface area contributed by atoms with E-state index < -0.39 is 0 Å². The average molecular weight is 437 g/mol. The van der Waals surface area contributed by atoms with Gasteiger partial charge in [0.15, 0.2) is 0 Å². The smallest absolute Gasteiger partial charge is 0.277 e. The number of rotatable bonds is 8. The minimum absolute atomic E-state index is 0.0232. The number of para-hydroxylation sites is 1. The largest absolute Gasteiger partial charge is 0.416 e. The Balaban J connectivity index is 1.41.